The van der Waals surface area contributed by atoms with Crippen LogP contribution in [-0.2, 0) is 20.8 Å². The highest BCUT2D eigenvalue weighted by molar-refractivity contribution is 6.23. The number of rotatable bonds is 6. The molecule has 1 atom stereocenters. The van der Waals surface area contributed by atoms with E-state index in [1.54, 1.807) is 4.90 Å². The van der Waals surface area contributed by atoms with E-state index in [-0.39, 0.29) is 24.2 Å². The predicted octanol–water partition coefficient (Wildman–Crippen LogP) is 2.94. The van der Waals surface area contributed by atoms with Crippen LogP contribution in [0.4, 0.5) is 10.1 Å². The van der Waals surface area contributed by atoms with E-state index in [4.69, 9.17) is 0 Å². The van der Waals surface area contributed by atoms with E-state index in [0.717, 1.165) is 23.3 Å². The number of benzene rings is 2. The average Bonchev–Trinajstić information content (AvgIpc) is 3.50. The van der Waals surface area contributed by atoms with Gasteiger partial charge < -0.3 is 4.90 Å². The minimum atomic E-state index is -0.797. The van der Waals surface area contributed by atoms with E-state index in [9.17, 15) is 18.8 Å². The van der Waals surface area contributed by atoms with Crippen LogP contribution in [0.25, 0.3) is 0 Å². The summed E-state index contributed by atoms with van der Waals surface area (Å²) in [7, 11) is 0. The van der Waals surface area contributed by atoms with Crippen LogP contribution >= 0.6 is 0 Å². The minimum Gasteiger partial charge on any atom is -0.330 e. The predicted molar refractivity (Wildman–Crippen MR) is 102 cm³/mol. The van der Waals surface area contributed by atoms with Crippen LogP contribution in [0, 0.1) is 11.7 Å². The number of carbonyl (C=O) groups excluding carboxylic acids is 3. The highest BCUT2D eigenvalue weighted by Gasteiger charge is 2.46. The summed E-state index contributed by atoms with van der Waals surface area (Å²) < 4.78 is 13.2. The van der Waals surface area contributed by atoms with Gasteiger partial charge in [-0.1, -0.05) is 30.3 Å². The molecule has 0 N–H and O–H groups in total. The van der Waals surface area contributed by atoms with E-state index in [2.05, 4.69) is 0 Å². The molecule has 0 spiro atoms. The Morgan fingerprint density at radius 1 is 1.04 bits per heavy atom. The maximum atomic E-state index is 13.2. The van der Waals surface area contributed by atoms with Crippen LogP contribution in [-0.4, -0.2) is 35.2 Å². The van der Waals surface area contributed by atoms with Gasteiger partial charge in [-0.15, -0.1) is 0 Å². The molecule has 0 aromatic heterocycles. The molecule has 1 heterocycles. The molecule has 2 aromatic carbocycles. The van der Waals surface area contributed by atoms with Crippen LogP contribution in [0.1, 0.15) is 24.8 Å². The zero-order valence-electron chi connectivity index (χ0n) is 15.4. The topological polar surface area (TPSA) is 57.7 Å². The summed E-state index contributed by atoms with van der Waals surface area (Å²) >= 11 is 0. The lowest BCUT2D eigenvalue weighted by Gasteiger charge is -2.28. The van der Waals surface area contributed by atoms with E-state index >= 15 is 0 Å². The molecule has 144 valence electrons. The van der Waals surface area contributed by atoms with Gasteiger partial charge in [-0.25, -0.2) is 9.29 Å². The Labute approximate surface area is 162 Å². The zero-order chi connectivity index (χ0) is 19.7. The van der Waals surface area contributed by atoms with Gasteiger partial charge >= 0.3 is 0 Å². The van der Waals surface area contributed by atoms with Crippen LogP contribution in [0.2, 0.25) is 0 Å². The molecule has 28 heavy (non-hydrogen) atoms. The third-order valence-corrected chi connectivity index (χ3v) is 5.28. The number of hydrogen-bond acceptors (Lipinski definition) is 3. The molecule has 2 fully saturated rings. The Kier molecular flexibility index (Phi) is 4.94. The van der Waals surface area contributed by atoms with Crippen molar-refractivity contribution in [3.05, 3.63) is 66.0 Å². The molecule has 5 nitrogen and oxygen atoms in total. The molecule has 2 aromatic rings. The first-order valence-corrected chi connectivity index (χ1v) is 9.51. The van der Waals surface area contributed by atoms with E-state index in [1.807, 2.05) is 30.3 Å². The van der Waals surface area contributed by atoms with Gasteiger partial charge in [0.05, 0.1) is 12.1 Å². The summed E-state index contributed by atoms with van der Waals surface area (Å²) in [4.78, 5) is 41.1. The second-order valence-electron chi connectivity index (χ2n) is 7.31. The van der Waals surface area contributed by atoms with Gasteiger partial charge in [0.1, 0.15) is 11.9 Å². The summed E-state index contributed by atoms with van der Waals surface area (Å²) in [6, 6.07) is 14.2. The Bertz CT molecular complexity index is 894. The van der Waals surface area contributed by atoms with Crippen molar-refractivity contribution < 1.29 is 18.8 Å². The number of halogens is 1. The van der Waals surface area contributed by atoms with Crippen molar-refractivity contribution in [1.82, 2.24) is 4.90 Å². The second kappa shape index (κ2) is 7.54. The van der Waals surface area contributed by atoms with Gasteiger partial charge in [0.15, 0.2) is 0 Å². The second-order valence-corrected chi connectivity index (χ2v) is 7.31. The standard InChI is InChI=1S/C22H21FN2O3/c23-17-8-10-18(11-9-17)25-20(26)14-19(22(25)28)24(21(27)16-6-7-16)13-12-15-4-2-1-3-5-15/h1-5,8-11,16,19H,6-7,12-14H2. The molecule has 1 unspecified atom stereocenters. The molecular weight excluding hydrogens is 359 g/mol. The molecule has 2 aliphatic rings. The molecule has 1 saturated heterocycles. The van der Waals surface area contributed by atoms with Crippen molar-refractivity contribution in [3.8, 4) is 0 Å². The third-order valence-electron chi connectivity index (χ3n) is 5.28. The molecule has 4 rings (SSSR count). The van der Waals surface area contributed by atoms with Gasteiger partial charge in [0, 0.05) is 12.5 Å². The largest absolute Gasteiger partial charge is 0.330 e. The average molecular weight is 380 g/mol. The molecular formula is C22H21FN2O3. The highest BCUT2D eigenvalue weighted by Crippen LogP contribution is 2.34. The quantitative estimate of drug-likeness (QED) is 0.724. The molecule has 0 bridgehead atoms. The fraction of sp³-hybridized carbons (Fsp3) is 0.318. The van der Waals surface area contributed by atoms with Crippen LogP contribution < -0.4 is 4.90 Å². The van der Waals surface area contributed by atoms with Crippen LogP contribution in [0.3, 0.4) is 0 Å². The molecule has 1 aliphatic heterocycles. The van der Waals surface area contributed by atoms with Gasteiger partial charge in [0.25, 0.3) is 5.91 Å². The molecule has 3 amide bonds. The number of hydrogen-bond donors (Lipinski definition) is 0. The van der Waals surface area contributed by atoms with Crippen molar-refractivity contribution >= 4 is 23.4 Å². The fourth-order valence-corrected chi connectivity index (χ4v) is 3.60. The minimum absolute atomic E-state index is 0.0382. The van der Waals surface area contributed by atoms with Gasteiger partial charge in [-0.3, -0.25) is 14.4 Å². The maximum absolute atomic E-state index is 13.2. The molecule has 1 saturated carbocycles. The molecule has 6 heteroatoms. The van der Waals surface area contributed by atoms with Crippen molar-refractivity contribution in [1.29, 1.82) is 0 Å². The van der Waals surface area contributed by atoms with Crippen molar-refractivity contribution in [2.75, 3.05) is 11.4 Å². The van der Waals surface area contributed by atoms with Crippen molar-refractivity contribution in [2.24, 2.45) is 5.92 Å². The van der Waals surface area contributed by atoms with Crippen LogP contribution in [0.5, 0.6) is 0 Å². The first kappa shape index (κ1) is 18.3. The summed E-state index contributed by atoms with van der Waals surface area (Å²) in [5, 5.41) is 0. The number of nitrogens with zero attached hydrogens (tertiary/aromatic N) is 2. The zero-order valence-corrected chi connectivity index (χ0v) is 15.4. The van der Waals surface area contributed by atoms with Crippen molar-refractivity contribution in [2.45, 2.75) is 31.7 Å². The summed E-state index contributed by atoms with van der Waals surface area (Å²) in [5.74, 6) is -1.32. The highest BCUT2D eigenvalue weighted by atomic mass is 19.1. The Morgan fingerprint density at radius 2 is 1.71 bits per heavy atom. The van der Waals surface area contributed by atoms with E-state index in [1.165, 1.54) is 24.3 Å². The lowest BCUT2D eigenvalue weighted by molar-refractivity contribution is -0.139. The lowest BCUT2D eigenvalue weighted by atomic mass is 10.1. The van der Waals surface area contributed by atoms with Gasteiger partial charge in [0.2, 0.25) is 11.8 Å². The summed E-state index contributed by atoms with van der Waals surface area (Å²) in [6.45, 7) is 0.389. The van der Waals surface area contributed by atoms with E-state index < -0.39 is 17.8 Å². The first-order chi connectivity index (χ1) is 13.5. The lowest BCUT2D eigenvalue weighted by Crippen LogP contribution is -2.47. The summed E-state index contributed by atoms with van der Waals surface area (Å²) in [6.07, 6.45) is 2.24. The number of amides is 3. The smallest absolute Gasteiger partial charge is 0.257 e. The monoisotopic (exact) mass is 380 g/mol. The Morgan fingerprint density at radius 3 is 2.36 bits per heavy atom. The number of carbonyl (C=O) groups is 3. The van der Waals surface area contributed by atoms with E-state index in [0.29, 0.717) is 18.7 Å². The van der Waals surface area contributed by atoms with Crippen molar-refractivity contribution in [3.63, 3.8) is 0 Å². The van der Waals surface area contributed by atoms with Crippen LogP contribution in [0.15, 0.2) is 54.6 Å². The van der Waals surface area contributed by atoms with Gasteiger partial charge in [-0.05, 0) is 49.1 Å². The molecule has 1 aliphatic carbocycles. The first-order valence-electron chi connectivity index (χ1n) is 9.51. The normalized spacial score (nSPS) is 19.2. The number of imide groups is 1. The Hall–Kier alpha value is -3.02. The fourth-order valence-electron chi connectivity index (χ4n) is 3.60. The maximum Gasteiger partial charge on any atom is 0.257 e. The van der Waals surface area contributed by atoms with Gasteiger partial charge in [-0.2, -0.15) is 0 Å². The Balaban J connectivity index is 1.55. The summed E-state index contributed by atoms with van der Waals surface area (Å²) in [5.41, 5.74) is 1.41. The SMILES string of the molecule is O=C1CC(N(CCc2ccccc2)C(=O)C2CC2)C(=O)N1c1ccc(F)cc1. The molecule has 0 radical (unpaired) electrons. The third kappa shape index (κ3) is 3.67. The number of anilines is 1.